The van der Waals surface area contributed by atoms with E-state index in [0.29, 0.717) is 13.2 Å². The molecule has 3 heteroatoms. The third-order valence-corrected chi connectivity index (χ3v) is 3.98. The van der Waals surface area contributed by atoms with E-state index in [2.05, 4.69) is 35.8 Å². The van der Waals surface area contributed by atoms with Crippen molar-refractivity contribution in [2.45, 2.75) is 25.9 Å². The van der Waals surface area contributed by atoms with Crippen LogP contribution in [0.5, 0.6) is 5.75 Å². The van der Waals surface area contributed by atoms with E-state index in [0.717, 1.165) is 30.6 Å². The second-order valence-corrected chi connectivity index (χ2v) is 5.63. The molecule has 3 nitrogen and oxygen atoms in total. The molecule has 0 radical (unpaired) electrons. The molecule has 22 heavy (non-hydrogen) atoms. The zero-order valence-corrected chi connectivity index (χ0v) is 12.6. The van der Waals surface area contributed by atoms with Crippen molar-refractivity contribution in [1.82, 2.24) is 5.48 Å². The largest absolute Gasteiger partial charge is 0.489 e. The standard InChI is InChI=1S/C19H21NO2/c21-20-13-16-7-4-8-17-9-10-19(12-18(17)11-16)22-14-15-5-2-1-3-6-15/h1-3,5-6,9-12,20-21H,4,7-8,13-14H2. The minimum Gasteiger partial charge on any atom is -0.489 e. The third-order valence-electron chi connectivity index (χ3n) is 3.98. The van der Waals surface area contributed by atoms with Gasteiger partial charge in [0.25, 0.3) is 0 Å². The number of fused-ring (bicyclic) bond motifs is 1. The Morgan fingerprint density at radius 1 is 1.05 bits per heavy atom. The van der Waals surface area contributed by atoms with Gasteiger partial charge in [-0.05, 0) is 48.1 Å². The average molecular weight is 295 g/mol. The lowest BCUT2D eigenvalue weighted by atomic mass is 10.0. The Hall–Kier alpha value is -2.10. The first-order chi connectivity index (χ1) is 10.8. The van der Waals surface area contributed by atoms with Gasteiger partial charge in [-0.25, -0.2) is 5.48 Å². The molecule has 0 spiro atoms. The number of hydrogen-bond donors (Lipinski definition) is 2. The fourth-order valence-electron chi connectivity index (χ4n) is 2.80. The number of benzene rings is 2. The van der Waals surface area contributed by atoms with E-state index in [-0.39, 0.29) is 0 Å². The molecule has 0 amide bonds. The van der Waals surface area contributed by atoms with Gasteiger partial charge in [0.2, 0.25) is 0 Å². The zero-order chi connectivity index (χ0) is 15.2. The lowest BCUT2D eigenvalue weighted by molar-refractivity contribution is 0.176. The van der Waals surface area contributed by atoms with Crippen molar-refractivity contribution in [3.05, 3.63) is 70.8 Å². The summed E-state index contributed by atoms with van der Waals surface area (Å²) < 4.78 is 5.90. The number of rotatable bonds is 5. The smallest absolute Gasteiger partial charge is 0.120 e. The molecule has 0 saturated heterocycles. The molecule has 0 bridgehead atoms. The highest BCUT2D eigenvalue weighted by Crippen LogP contribution is 2.26. The summed E-state index contributed by atoms with van der Waals surface area (Å²) in [5, 5.41) is 8.91. The fourth-order valence-corrected chi connectivity index (χ4v) is 2.80. The first-order valence-electron chi connectivity index (χ1n) is 7.71. The minimum absolute atomic E-state index is 0.522. The van der Waals surface area contributed by atoms with Crippen LogP contribution in [0.4, 0.5) is 0 Å². The molecule has 2 aromatic carbocycles. The maximum atomic E-state index is 8.91. The Labute approximate surface area is 131 Å². The van der Waals surface area contributed by atoms with E-state index in [1.807, 2.05) is 24.3 Å². The fraction of sp³-hybridized carbons (Fsp3) is 0.263. The van der Waals surface area contributed by atoms with Gasteiger partial charge in [0.1, 0.15) is 12.4 Å². The predicted octanol–water partition coefficient (Wildman–Crippen LogP) is 3.96. The SMILES string of the molecule is ONCC1=Cc2cc(OCc3ccccc3)ccc2CCC1. The van der Waals surface area contributed by atoms with Crippen molar-refractivity contribution in [3.8, 4) is 5.75 Å². The number of hydrogen-bond acceptors (Lipinski definition) is 3. The first-order valence-corrected chi connectivity index (χ1v) is 7.71. The molecule has 0 aliphatic heterocycles. The van der Waals surface area contributed by atoms with Crippen LogP contribution in [-0.2, 0) is 13.0 Å². The Bertz CT molecular complexity index is 650. The minimum atomic E-state index is 0.522. The van der Waals surface area contributed by atoms with Gasteiger partial charge in [-0.2, -0.15) is 0 Å². The molecule has 114 valence electrons. The summed E-state index contributed by atoms with van der Waals surface area (Å²) in [6.45, 7) is 1.10. The molecular formula is C19H21NO2. The lowest BCUT2D eigenvalue weighted by Crippen LogP contribution is -2.10. The van der Waals surface area contributed by atoms with Gasteiger partial charge in [0.15, 0.2) is 0 Å². The highest BCUT2D eigenvalue weighted by molar-refractivity contribution is 5.60. The summed E-state index contributed by atoms with van der Waals surface area (Å²) in [6.07, 6.45) is 5.37. The molecule has 0 aromatic heterocycles. The van der Waals surface area contributed by atoms with Crippen molar-refractivity contribution < 1.29 is 9.94 Å². The van der Waals surface area contributed by atoms with Gasteiger partial charge in [0, 0.05) is 6.54 Å². The monoisotopic (exact) mass is 295 g/mol. The molecule has 2 aromatic rings. The van der Waals surface area contributed by atoms with Crippen LogP contribution in [-0.4, -0.2) is 11.8 Å². The Balaban J connectivity index is 1.76. The number of nitrogens with one attached hydrogen (secondary N) is 1. The summed E-state index contributed by atoms with van der Waals surface area (Å²) >= 11 is 0. The van der Waals surface area contributed by atoms with Crippen molar-refractivity contribution in [1.29, 1.82) is 0 Å². The summed E-state index contributed by atoms with van der Waals surface area (Å²) in [4.78, 5) is 0. The lowest BCUT2D eigenvalue weighted by Gasteiger charge is -2.10. The van der Waals surface area contributed by atoms with Gasteiger partial charge in [-0.15, -0.1) is 0 Å². The molecule has 2 N–H and O–H groups in total. The van der Waals surface area contributed by atoms with Gasteiger partial charge in [0.05, 0.1) is 0 Å². The maximum Gasteiger partial charge on any atom is 0.120 e. The zero-order valence-electron chi connectivity index (χ0n) is 12.6. The number of hydroxylamine groups is 1. The van der Waals surface area contributed by atoms with E-state index >= 15 is 0 Å². The van der Waals surface area contributed by atoms with Crippen molar-refractivity contribution in [3.63, 3.8) is 0 Å². The Morgan fingerprint density at radius 2 is 1.91 bits per heavy atom. The molecule has 1 aliphatic rings. The van der Waals surface area contributed by atoms with Crippen molar-refractivity contribution in [2.24, 2.45) is 0 Å². The third kappa shape index (κ3) is 3.75. The van der Waals surface area contributed by atoms with Gasteiger partial charge in [-0.1, -0.05) is 48.0 Å². The predicted molar refractivity (Wildman–Crippen MR) is 87.9 cm³/mol. The Kier molecular flexibility index (Phi) is 4.88. The number of ether oxygens (including phenoxy) is 1. The second-order valence-electron chi connectivity index (χ2n) is 5.63. The molecule has 1 aliphatic carbocycles. The highest BCUT2D eigenvalue weighted by Gasteiger charge is 2.10. The summed E-state index contributed by atoms with van der Waals surface area (Å²) in [5.41, 5.74) is 7.20. The van der Waals surface area contributed by atoms with Crippen LogP contribution < -0.4 is 10.2 Å². The van der Waals surface area contributed by atoms with E-state index in [1.54, 1.807) is 0 Å². The van der Waals surface area contributed by atoms with E-state index in [9.17, 15) is 0 Å². The normalized spacial score (nSPS) is 14.0. The average Bonchev–Trinajstić information content (AvgIpc) is 2.75. The van der Waals surface area contributed by atoms with Crippen LogP contribution in [0.2, 0.25) is 0 Å². The second kappa shape index (κ2) is 7.25. The Morgan fingerprint density at radius 3 is 2.73 bits per heavy atom. The van der Waals surface area contributed by atoms with Crippen LogP contribution in [0, 0.1) is 0 Å². The van der Waals surface area contributed by atoms with Crippen LogP contribution in [0.3, 0.4) is 0 Å². The number of aryl methyl sites for hydroxylation is 1. The van der Waals surface area contributed by atoms with Gasteiger partial charge >= 0.3 is 0 Å². The van der Waals surface area contributed by atoms with Gasteiger partial charge in [-0.3, -0.25) is 0 Å². The van der Waals surface area contributed by atoms with Crippen LogP contribution in [0.1, 0.15) is 29.5 Å². The summed E-state index contributed by atoms with van der Waals surface area (Å²) in [5.74, 6) is 0.886. The molecule has 0 saturated carbocycles. The van der Waals surface area contributed by atoms with E-state index in [4.69, 9.17) is 9.94 Å². The van der Waals surface area contributed by atoms with Crippen LogP contribution in [0.25, 0.3) is 6.08 Å². The van der Waals surface area contributed by atoms with Crippen LogP contribution >= 0.6 is 0 Å². The quantitative estimate of drug-likeness (QED) is 0.820. The molecule has 0 fully saturated rings. The summed E-state index contributed by atoms with van der Waals surface area (Å²) in [7, 11) is 0. The molecule has 0 heterocycles. The topological polar surface area (TPSA) is 41.5 Å². The molecule has 3 rings (SSSR count). The van der Waals surface area contributed by atoms with Crippen LogP contribution in [0.15, 0.2) is 54.1 Å². The highest BCUT2D eigenvalue weighted by atomic mass is 16.5. The molecule has 0 unspecified atom stereocenters. The molecule has 0 atom stereocenters. The maximum absolute atomic E-state index is 8.91. The van der Waals surface area contributed by atoms with Gasteiger partial charge < -0.3 is 9.94 Å². The first kappa shape index (κ1) is 14.8. The van der Waals surface area contributed by atoms with Crippen molar-refractivity contribution in [2.75, 3.05) is 6.54 Å². The summed E-state index contributed by atoms with van der Waals surface area (Å²) in [6, 6.07) is 16.5. The van der Waals surface area contributed by atoms with Crippen molar-refractivity contribution >= 4 is 6.08 Å². The van der Waals surface area contributed by atoms with E-state index < -0.39 is 0 Å². The molecular weight excluding hydrogens is 274 g/mol. The van der Waals surface area contributed by atoms with E-state index in [1.165, 1.54) is 16.7 Å².